The third kappa shape index (κ3) is 4.22. The second-order valence-electron chi connectivity index (χ2n) is 5.45. The molecule has 1 saturated heterocycles. The van der Waals surface area contributed by atoms with Gasteiger partial charge in [0.15, 0.2) is 0 Å². The molecule has 0 saturated carbocycles. The second kappa shape index (κ2) is 7.27. The summed E-state index contributed by atoms with van der Waals surface area (Å²) in [7, 11) is 0. The van der Waals surface area contributed by atoms with Gasteiger partial charge in [0.05, 0.1) is 0 Å². The summed E-state index contributed by atoms with van der Waals surface area (Å²) < 4.78 is 13.0. The largest absolute Gasteiger partial charge is 0.338 e. The summed E-state index contributed by atoms with van der Waals surface area (Å²) in [4.78, 5) is 13.9. The van der Waals surface area contributed by atoms with Crippen LogP contribution in [0.3, 0.4) is 0 Å². The molecule has 1 aromatic rings. The SMILES string of the molecule is Cc1cc(F)ccc1CCNC(=O)N1CCCCCC1. The summed E-state index contributed by atoms with van der Waals surface area (Å²) in [6.07, 6.45) is 5.39. The molecular weight excluding hydrogens is 255 g/mol. The van der Waals surface area contributed by atoms with Crippen molar-refractivity contribution in [3.05, 3.63) is 35.1 Å². The number of amides is 2. The molecule has 1 fully saturated rings. The molecule has 0 unspecified atom stereocenters. The van der Waals surface area contributed by atoms with Gasteiger partial charge in [0.2, 0.25) is 0 Å². The number of rotatable bonds is 3. The molecule has 3 nitrogen and oxygen atoms in total. The Labute approximate surface area is 120 Å². The van der Waals surface area contributed by atoms with Crippen molar-refractivity contribution < 1.29 is 9.18 Å². The number of aryl methyl sites for hydroxylation is 1. The van der Waals surface area contributed by atoms with Crippen molar-refractivity contribution in [2.45, 2.75) is 39.0 Å². The zero-order valence-electron chi connectivity index (χ0n) is 12.1. The molecule has 4 heteroatoms. The molecule has 1 N–H and O–H groups in total. The van der Waals surface area contributed by atoms with Crippen molar-refractivity contribution in [1.29, 1.82) is 0 Å². The lowest BCUT2D eigenvalue weighted by Gasteiger charge is -2.20. The van der Waals surface area contributed by atoms with E-state index in [0.717, 1.165) is 43.5 Å². The van der Waals surface area contributed by atoms with Crippen LogP contribution in [-0.2, 0) is 6.42 Å². The Kier molecular flexibility index (Phi) is 5.39. The number of urea groups is 1. The fraction of sp³-hybridized carbons (Fsp3) is 0.562. The number of carbonyl (C=O) groups is 1. The number of nitrogens with zero attached hydrogens (tertiary/aromatic N) is 1. The minimum atomic E-state index is -0.208. The minimum Gasteiger partial charge on any atom is -0.338 e. The third-order valence-electron chi connectivity index (χ3n) is 3.87. The second-order valence-corrected chi connectivity index (χ2v) is 5.45. The molecule has 0 atom stereocenters. The van der Waals surface area contributed by atoms with E-state index in [0.29, 0.717) is 6.54 Å². The van der Waals surface area contributed by atoms with Gasteiger partial charge in [0.1, 0.15) is 5.82 Å². The van der Waals surface area contributed by atoms with E-state index < -0.39 is 0 Å². The highest BCUT2D eigenvalue weighted by Gasteiger charge is 2.14. The van der Waals surface area contributed by atoms with Crippen LogP contribution in [0.15, 0.2) is 18.2 Å². The van der Waals surface area contributed by atoms with Crippen LogP contribution in [0.25, 0.3) is 0 Å². The van der Waals surface area contributed by atoms with Gasteiger partial charge in [0.25, 0.3) is 0 Å². The lowest BCUT2D eigenvalue weighted by Crippen LogP contribution is -2.41. The van der Waals surface area contributed by atoms with Crippen molar-refractivity contribution in [3.63, 3.8) is 0 Å². The number of hydrogen-bond donors (Lipinski definition) is 1. The van der Waals surface area contributed by atoms with Gasteiger partial charge < -0.3 is 10.2 Å². The zero-order valence-corrected chi connectivity index (χ0v) is 12.1. The molecule has 1 aliphatic heterocycles. The molecule has 20 heavy (non-hydrogen) atoms. The van der Waals surface area contributed by atoms with E-state index in [2.05, 4.69) is 5.32 Å². The summed E-state index contributed by atoms with van der Waals surface area (Å²) in [5, 5.41) is 2.96. The fourth-order valence-corrected chi connectivity index (χ4v) is 2.63. The Bertz CT molecular complexity index is 454. The minimum absolute atomic E-state index is 0.0339. The zero-order chi connectivity index (χ0) is 14.4. The topological polar surface area (TPSA) is 32.3 Å². The lowest BCUT2D eigenvalue weighted by molar-refractivity contribution is 0.200. The van der Waals surface area contributed by atoms with E-state index in [1.54, 1.807) is 6.07 Å². The molecule has 2 rings (SSSR count). The highest BCUT2D eigenvalue weighted by Crippen LogP contribution is 2.11. The summed E-state index contributed by atoms with van der Waals surface area (Å²) in [6.45, 7) is 4.22. The van der Waals surface area contributed by atoms with Crippen LogP contribution in [0.5, 0.6) is 0 Å². The van der Waals surface area contributed by atoms with E-state index in [-0.39, 0.29) is 11.8 Å². The maximum Gasteiger partial charge on any atom is 0.317 e. The molecule has 1 aromatic carbocycles. The first-order chi connectivity index (χ1) is 9.66. The highest BCUT2D eigenvalue weighted by atomic mass is 19.1. The molecule has 0 aliphatic carbocycles. The number of benzene rings is 1. The van der Waals surface area contributed by atoms with Gasteiger partial charge in [-0.15, -0.1) is 0 Å². The van der Waals surface area contributed by atoms with E-state index in [1.807, 2.05) is 11.8 Å². The third-order valence-corrected chi connectivity index (χ3v) is 3.87. The molecule has 0 bridgehead atoms. The van der Waals surface area contributed by atoms with E-state index >= 15 is 0 Å². The van der Waals surface area contributed by atoms with Crippen molar-refractivity contribution in [2.75, 3.05) is 19.6 Å². The van der Waals surface area contributed by atoms with Gasteiger partial charge in [-0.1, -0.05) is 18.9 Å². The standard InChI is InChI=1S/C16H23FN2O/c1-13-12-15(17)7-6-14(13)8-9-18-16(20)19-10-4-2-3-5-11-19/h6-7,12H,2-5,8-11H2,1H3,(H,18,20). The van der Waals surface area contributed by atoms with Crippen molar-refractivity contribution in [3.8, 4) is 0 Å². The molecule has 0 spiro atoms. The first-order valence-corrected chi connectivity index (χ1v) is 7.44. The number of nitrogens with one attached hydrogen (secondary N) is 1. The summed E-state index contributed by atoms with van der Waals surface area (Å²) >= 11 is 0. The van der Waals surface area contributed by atoms with Gasteiger partial charge in [0, 0.05) is 19.6 Å². The maximum absolute atomic E-state index is 13.0. The Morgan fingerprint density at radius 2 is 1.95 bits per heavy atom. The lowest BCUT2D eigenvalue weighted by atomic mass is 10.1. The van der Waals surface area contributed by atoms with Gasteiger partial charge in [-0.25, -0.2) is 9.18 Å². The molecule has 0 aromatic heterocycles. The van der Waals surface area contributed by atoms with Crippen molar-refractivity contribution in [1.82, 2.24) is 10.2 Å². The van der Waals surface area contributed by atoms with E-state index in [1.165, 1.54) is 25.0 Å². The molecule has 110 valence electrons. The average molecular weight is 278 g/mol. The van der Waals surface area contributed by atoms with Gasteiger partial charge >= 0.3 is 6.03 Å². The number of likely N-dealkylation sites (tertiary alicyclic amines) is 1. The van der Waals surface area contributed by atoms with Crippen LogP contribution < -0.4 is 5.32 Å². The van der Waals surface area contributed by atoms with Crippen LogP contribution in [0.4, 0.5) is 9.18 Å². The van der Waals surface area contributed by atoms with Crippen LogP contribution in [-0.4, -0.2) is 30.6 Å². The summed E-state index contributed by atoms with van der Waals surface area (Å²) in [5.41, 5.74) is 2.02. The first kappa shape index (κ1) is 14.8. The predicted octanol–water partition coefficient (Wildman–Crippen LogP) is 3.26. The average Bonchev–Trinajstić information content (AvgIpc) is 2.70. The monoisotopic (exact) mass is 278 g/mol. The normalized spacial score (nSPS) is 15.8. The van der Waals surface area contributed by atoms with Crippen LogP contribution in [0.2, 0.25) is 0 Å². The van der Waals surface area contributed by atoms with Crippen LogP contribution >= 0.6 is 0 Å². The molecule has 2 amide bonds. The Morgan fingerprint density at radius 3 is 2.60 bits per heavy atom. The van der Waals surface area contributed by atoms with Crippen molar-refractivity contribution >= 4 is 6.03 Å². The maximum atomic E-state index is 13.0. The quantitative estimate of drug-likeness (QED) is 0.904. The summed E-state index contributed by atoms with van der Waals surface area (Å²) in [5.74, 6) is -0.208. The van der Waals surface area contributed by atoms with Gasteiger partial charge in [-0.2, -0.15) is 0 Å². The van der Waals surface area contributed by atoms with Crippen LogP contribution in [0, 0.1) is 12.7 Å². The van der Waals surface area contributed by atoms with E-state index in [9.17, 15) is 9.18 Å². The van der Waals surface area contributed by atoms with Crippen LogP contribution in [0.1, 0.15) is 36.8 Å². The Balaban J connectivity index is 1.78. The van der Waals surface area contributed by atoms with Gasteiger partial charge in [-0.05, 0) is 49.4 Å². The fourth-order valence-electron chi connectivity index (χ4n) is 2.63. The Morgan fingerprint density at radius 1 is 1.25 bits per heavy atom. The number of hydrogen-bond acceptors (Lipinski definition) is 1. The smallest absolute Gasteiger partial charge is 0.317 e. The predicted molar refractivity (Wildman–Crippen MR) is 78.3 cm³/mol. The molecule has 0 radical (unpaired) electrons. The molecule has 1 heterocycles. The van der Waals surface area contributed by atoms with Crippen molar-refractivity contribution in [2.24, 2.45) is 0 Å². The molecular formula is C16H23FN2O. The highest BCUT2D eigenvalue weighted by molar-refractivity contribution is 5.74. The van der Waals surface area contributed by atoms with E-state index in [4.69, 9.17) is 0 Å². The summed E-state index contributed by atoms with van der Waals surface area (Å²) in [6, 6.07) is 4.83. The van der Waals surface area contributed by atoms with Gasteiger partial charge in [-0.3, -0.25) is 0 Å². The molecule has 1 aliphatic rings. The first-order valence-electron chi connectivity index (χ1n) is 7.44. The Hall–Kier alpha value is -1.58. The number of halogens is 1. The number of carbonyl (C=O) groups excluding carboxylic acids is 1.